The van der Waals surface area contributed by atoms with Gasteiger partial charge < -0.3 is 10.1 Å². The number of alkyl halides is 1. The minimum absolute atomic E-state index is 0.0221. The molecule has 1 aromatic carbocycles. The van der Waals surface area contributed by atoms with E-state index < -0.39 is 0 Å². The van der Waals surface area contributed by atoms with Crippen LogP contribution in [0.25, 0.3) is 0 Å². The van der Waals surface area contributed by atoms with Gasteiger partial charge >= 0.3 is 0 Å². The first-order valence-corrected chi connectivity index (χ1v) is 10.4. The number of ether oxygens (including phenoxy) is 1. The first kappa shape index (κ1) is 21.0. The molecule has 0 spiro atoms. The summed E-state index contributed by atoms with van der Waals surface area (Å²) in [6.45, 7) is 3.03. The normalized spacial score (nSPS) is 10.6. The molecular formula is C20H32BrNO2. The third-order valence-corrected chi connectivity index (χ3v) is 4.57. The van der Waals surface area contributed by atoms with Crippen molar-refractivity contribution in [2.75, 3.05) is 18.5 Å². The molecule has 0 heterocycles. The van der Waals surface area contributed by atoms with Crippen molar-refractivity contribution in [1.82, 2.24) is 5.32 Å². The van der Waals surface area contributed by atoms with Crippen molar-refractivity contribution in [2.45, 2.75) is 64.7 Å². The maximum Gasteiger partial charge on any atom is 0.216 e. The van der Waals surface area contributed by atoms with Crippen molar-refractivity contribution >= 4 is 21.8 Å². The van der Waals surface area contributed by atoms with Gasteiger partial charge in [-0.05, 0) is 37.0 Å². The molecule has 1 rings (SSSR count). The van der Waals surface area contributed by atoms with Crippen molar-refractivity contribution in [1.29, 1.82) is 0 Å². The highest BCUT2D eigenvalue weighted by Crippen LogP contribution is 2.14. The van der Waals surface area contributed by atoms with Crippen LogP contribution in [0.2, 0.25) is 0 Å². The molecule has 0 fully saturated rings. The molecular weight excluding hydrogens is 366 g/mol. The van der Waals surface area contributed by atoms with Crippen molar-refractivity contribution in [3.05, 3.63) is 29.8 Å². The summed E-state index contributed by atoms with van der Waals surface area (Å²) in [7, 11) is 0. The van der Waals surface area contributed by atoms with E-state index in [0.29, 0.717) is 6.54 Å². The largest absolute Gasteiger partial charge is 0.494 e. The summed E-state index contributed by atoms with van der Waals surface area (Å²) >= 11 is 3.47. The van der Waals surface area contributed by atoms with Crippen LogP contribution in [0.1, 0.15) is 63.9 Å². The van der Waals surface area contributed by atoms with Gasteiger partial charge in [-0.1, -0.05) is 66.6 Å². The molecule has 0 aliphatic rings. The van der Waals surface area contributed by atoms with E-state index in [0.717, 1.165) is 30.5 Å². The smallest absolute Gasteiger partial charge is 0.216 e. The highest BCUT2D eigenvalue weighted by Gasteiger charge is 1.98. The van der Waals surface area contributed by atoms with Gasteiger partial charge in [0.1, 0.15) is 5.75 Å². The lowest BCUT2D eigenvalue weighted by Gasteiger charge is -2.08. The first-order chi connectivity index (χ1) is 11.7. The highest BCUT2D eigenvalue weighted by atomic mass is 79.9. The van der Waals surface area contributed by atoms with Gasteiger partial charge in [-0.25, -0.2) is 0 Å². The second-order valence-electron chi connectivity index (χ2n) is 6.24. The number of hydrogen-bond acceptors (Lipinski definition) is 2. The quantitative estimate of drug-likeness (QED) is 0.343. The van der Waals surface area contributed by atoms with Crippen molar-refractivity contribution in [3.8, 4) is 5.75 Å². The van der Waals surface area contributed by atoms with Crippen molar-refractivity contribution in [3.63, 3.8) is 0 Å². The summed E-state index contributed by atoms with van der Waals surface area (Å²) in [6.07, 6.45) is 11.3. The highest BCUT2D eigenvalue weighted by molar-refractivity contribution is 9.09. The molecule has 0 saturated carbocycles. The summed E-state index contributed by atoms with van der Waals surface area (Å²) < 4.78 is 5.79. The second kappa shape index (κ2) is 14.3. The number of unbranched alkanes of at least 4 members (excludes halogenated alkanes) is 7. The Morgan fingerprint density at radius 3 is 2.12 bits per heavy atom. The van der Waals surface area contributed by atoms with Gasteiger partial charge in [0.05, 0.1) is 6.61 Å². The third kappa shape index (κ3) is 11.5. The van der Waals surface area contributed by atoms with E-state index in [1.54, 1.807) is 6.92 Å². The zero-order chi connectivity index (χ0) is 17.5. The summed E-state index contributed by atoms with van der Waals surface area (Å²) in [5, 5.41) is 3.95. The average Bonchev–Trinajstić information content (AvgIpc) is 2.57. The summed E-state index contributed by atoms with van der Waals surface area (Å²) in [6, 6.07) is 8.19. The van der Waals surface area contributed by atoms with Crippen LogP contribution in [0.5, 0.6) is 5.75 Å². The van der Waals surface area contributed by atoms with Crippen LogP contribution in [0, 0.1) is 0 Å². The van der Waals surface area contributed by atoms with Crippen molar-refractivity contribution < 1.29 is 9.53 Å². The van der Waals surface area contributed by atoms with E-state index in [1.165, 1.54) is 50.5 Å². The average molecular weight is 398 g/mol. The van der Waals surface area contributed by atoms with Crippen LogP contribution in [0.15, 0.2) is 24.3 Å². The maximum atomic E-state index is 10.8. The van der Waals surface area contributed by atoms with Crippen LogP contribution in [0.3, 0.4) is 0 Å². The van der Waals surface area contributed by atoms with Gasteiger partial charge in [-0.2, -0.15) is 0 Å². The van der Waals surface area contributed by atoms with E-state index >= 15 is 0 Å². The second-order valence-corrected chi connectivity index (χ2v) is 7.04. The molecule has 0 aromatic heterocycles. The topological polar surface area (TPSA) is 38.3 Å². The zero-order valence-corrected chi connectivity index (χ0v) is 16.6. The number of amides is 1. The molecule has 24 heavy (non-hydrogen) atoms. The van der Waals surface area contributed by atoms with Gasteiger partial charge in [0.25, 0.3) is 0 Å². The lowest BCUT2D eigenvalue weighted by atomic mass is 10.1. The van der Waals surface area contributed by atoms with E-state index in [1.807, 2.05) is 12.1 Å². The maximum absolute atomic E-state index is 10.8. The van der Waals surface area contributed by atoms with Crippen LogP contribution in [-0.2, 0) is 11.2 Å². The Hall–Kier alpha value is -1.03. The van der Waals surface area contributed by atoms with Crippen LogP contribution < -0.4 is 10.1 Å². The molecule has 1 amide bonds. The standard InChI is InChI=1S/C20H32BrNO2/c1-18(23)22-16-14-19-10-12-20(13-11-19)24-17-9-7-5-3-2-4-6-8-15-21/h10-13H,2-9,14-17H2,1H3,(H,22,23). The van der Waals surface area contributed by atoms with E-state index in [9.17, 15) is 4.79 Å². The Kier molecular flexibility index (Phi) is 12.5. The van der Waals surface area contributed by atoms with Crippen LogP contribution in [0.4, 0.5) is 0 Å². The molecule has 3 nitrogen and oxygen atoms in total. The van der Waals surface area contributed by atoms with Gasteiger partial charge in [0.15, 0.2) is 0 Å². The fourth-order valence-electron chi connectivity index (χ4n) is 2.58. The van der Waals surface area contributed by atoms with Gasteiger partial charge in [-0.3, -0.25) is 4.79 Å². The van der Waals surface area contributed by atoms with E-state index in [4.69, 9.17) is 4.74 Å². The molecule has 0 saturated heterocycles. The zero-order valence-electron chi connectivity index (χ0n) is 15.0. The molecule has 0 radical (unpaired) electrons. The molecule has 0 aliphatic heterocycles. The number of carbonyl (C=O) groups is 1. The molecule has 136 valence electrons. The SMILES string of the molecule is CC(=O)NCCc1ccc(OCCCCCCCCCCBr)cc1. The minimum Gasteiger partial charge on any atom is -0.494 e. The summed E-state index contributed by atoms with van der Waals surface area (Å²) in [5.41, 5.74) is 1.22. The fraction of sp³-hybridized carbons (Fsp3) is 0.650. The van der Waals surface area contributed by atoms with Gasteiger partial charge in [0.2, 0.25) is 5.91 Å². The molecule has 1 N–H and O–H groups in total. The van der Waals surface area contributed by atoms with E-state index in [2.05, 4.69) is 33.4 Å². The Bertz CT molecular complexity index is 434. The Morgan fingerprint density at radius 1 is 0.958 bits per heavy atom. The molecule has 0 bridgehead atoms. The Balaban J connectivity index is 2.00. The van der Waals surface area contributed by atoms with Crippen LogP contribution in [-0.4, -0.2) is 24.4 Å². The first-order valence-electron chi connectivity index (χ1n) is 9.24. The third-order valence-electron chi connectivity index (χ3n) is 4.01. The van der Waals surface area contributed by atoms with Gasteiger partial charge in [-0.15, -0.1) is 0 Å². The lowest BCUT2D eigenvalue weighted by molar-refractivity contribution is -0.118. The lowest BCUT2D eigenvalue weighted by Crippen LogP contribution is -2.22. The summed E-state index contributed by atoms with van der Waals surface area (Å²) in [5.74, 6) is 0.960. The van der Waals surface area contributed by atoms with Crippen molar-refractivity contribution in [2.24, 2.45) is 0 Å². The molecule has 0 atom stereocenters. The number of carbonyl (C=O) groups excluding carboxylic acids is 1. The predicted molar refractivity (Wildman–Crippen MR) is 105 cm³/mol. The fourth-order valence-corrected chi connectivity index (χ4v) is 2.98. The minimum atomic E-state index is 0.0221. The predicted octanol–water partition coefficient (Wildman–Crippen LogP) is 5.26. The van der Waals surface area contributed by atoms with E-state index in [-0.39, 0.29) is 5.91 Å². The molecule has 1 aromatic rings. The number of hydrogen-bond donors (Lipinski definition) is 1. The molecule has 4 heteroatoms. The number of rotatable bonds is 14. The number of benzene rings is 1. The number of halogens is 1. The van der Waals surface area contributed by atoms with Crippen LogP contribution >= 0.6 is 15.9 Å². The Labute approximate surface area is 155 Å². The molecule has 0 unspecified atom stereocenters. The Morgan fingerprint density at radius 2 is 1.54 bits per heavy atom. The summed E-state index contributed by atoms with van der Waals surface area (Å²) in [4.78, 5) is 10.8. The molecule has 0 aliphatic carbocycles. The van der Waals surface area contributed by atoms with Gasteiger partial charge in [0, 0.05) is 18.8 Å². The monoisotopic (exact) mass is 397 g/mol. The number of nitrogens with one attached hydrogen (secondary N) is 1.